The molecule has 0 radical (unpaired) electrons. The van der Waals surface area contributed by atoms with E-state index in [0.29, 0.717) is 12.5 Å². The molecule has 2 aliphatic carbocycles. The van der Waals surface area contributed by atoms with Crippen molar-refractivity contribution in [3.63, 3.8) is 0 Å². The molecule has 0 aliphatic heterocycles. The van der Waals surface area contributed by atoms with Crippen molar-refractivity contribution in [2.45, 2.75) is 63.9 Å². The van der Waals surface area contributed by atoms with Crippen LogP contribution in [0.15, 0.2) is 18.2 Å². The zero-order valence-electron chi connectivity index (χ0n) is 12.3. The smallest absolute Gasteiger partial charge is 0.119 e. The lowest BCUT2D eigenvalue weighted by atomic mass is 9.84. The summed E-state index contributed by atoms with van der Waals surface area (Å²) in [7, 11) is 0. The van der Waals surface area contributed by atoms with Crippen LogP contribution in [0.25, 0.3) is 0 Å². The van der Waals surface area contributed by atoms with Crippen LogP contribution < -0.4 is 4.74 Å². The average Bonchev–Trinajstić information content (AvgIpc) is 2.95. The molecular formula is C18H26O2. The molecule has 0 heterocycles. The van der Waals surface area contributed by atoms with Crippen LogP contribution in [-0.2, 0) is 12.8 Å². The van der Waals surface area contributed by atoms with Crippen molar-refractivity contribution in [3.8, 4) is 5.75 Å². The van der Waals surface area contributed by atoms with Gasteiger partial charge in [-0.05, 0) is 61.3 Å². The van der Waals surface area contributed by atoms with Gasteiger partial charge in [0.25, 0.3) is 0 Å². The van der Waals surface area contributed by atoms with E-state index in [1.165, 1.54) is 62.5 Å². The van der Waals surface area contributed by atoms with Crippen LogP contribution in [0, 0.1) is 5.92 Å². The summed E-state index contributed by atoms with van der Waals surface area (Å²) in [6, 6.07) is 6.47. The summed E-state index contributed by atoms with van der Waals surface area (Å²) in [6.45, 7) is 0.635. The van der Waals surface area contributed by atoms with E-state index < -0.39 is 0 Å². The SMILES string of the molecule is OC(CCOc1ccc2c(c1)CCC2)C1CCCCC1. The van der Waals surface area contributed by atoms with Crippen LogP contribution >= 0.6 is 0 Å². The molecule has 1 aromatic carbocycles. The standard InChI is InChI=1S/C18H26O2/c19-18(15-5-2-1-3-6-15)11-12-20-17-10-9-14-7-4-8-16(14)13-17/h9-10,13,15,18-19H,1-8,11-12H2. The first kappa shape index (κ1) is 13.9. The van der Waals surface area contributed by atoms with Crippen LogP contribution in [0.4, 0.5) is 0 Å². The van der Waals surface area contributed by atoms with E-state index in [9.17, 15) is 5.11 Å². The summed E-state index contributed by atoms with van der Waals surface area (Å²) in [6.07, 6.45) is 10.6. The number of fused-ring (bicyclic) bond motifs is 1. The second kappa shape index (κ2) is 6.62. The van der Waals surface area contributed by atoms with E-state index in [4.69, 9.17) is 4.74 Å². The van der Waals surface area contributed by atoms with Crippen LogP contribution in [0.5, 0.6) is 5.75 Å². The highest BCUT2D eigenvalue weighted by Crippen LogP contribution is 2.28. The third-order valence-electron chi connectivity index (χ3n) is 4.95. The number of ether oxygens (including phenoxy) is 1. The summed E-state index contributed by atoms with van der Waals surface area (Å²) in [5.74, 6) is 1.48. The van der Waals surface area contributed by atoms with Crippen molar-refractivity contribution in [3.05, 3.63) is 29.3 Å². The van der Waals surface area contributed by atoms with Crippen LogP contribution in [-0.4, -0.2) is 17.8 Å². The maximum atomic E-state index is 10.2. The Labute approximate surface area is 122 Å². The van der Waals surface area contributed by atoms with Crippen molar-refractivity contribution in [1.29, 1.82) is 0 Å². The molecule has 2 heteroatoms. The quantitative estimate of drug-likeness (QED) is 0.882. The van der Waals surface area contributed by atoms with Crippen LogP contribution in [0.1, 0.15) is 56.1 Å². The average molecular weight is 274 g/mol. The molecule has 0 saturated heterocycles. The van der Waals surface area contributed by atoms with Gasteiger partial charge in [0.1, 0.15) is 5.75 Å². The molecule has 1 saturated carbocycles. The summed E-state index contributed by atoms with van der Waals surface area (Å²) in [5.41, 5.74) is 2.94. The van der Waals surface area contributed by atoms with Gasteiger partial charge in [-0.25, -0.2) is 0 Å². The lowest BCUT2D eigenvalue weighted by Gasteiger charge is -2.26. The van der Waals surface area contributed by atoms with Crippen molar-refractivity contribution < 1.29 is 9.84 Å². The Bertz CT molecular complexity index is 435. The Morgan fingerprint density at radius 1 is 1.05 bits per heavy atom. The van der Waals surface area contributed by atoms with E-state index in [-0.39, 0.29) is 6.10 Å². The van der Waals surface area contributed by atoms with Gasteiger partial charge in [-0.15, -0.1) is 0 Å². The monoisotopic (exact) mass is 274 g/mol. The molecule has 1 N–H and O–H groups in total. The Kier molecular flexibility index (Phi) is 4.62. The van der Waals surface area contributed by atoms with Crippen molar-refractivity contribution in [2.75, 3.05) is 6.61 Å². The van der Waals surface area contributed by atoms with Crippen LogP contribution in [0.2, 0.25) is 0 Å². The number of aliphatic hydroxyl groups is 1. The maximum Gasteiger partial charge on any atom is 0.119 e. The number of hydrogen-bond donors (Lipinski definition) is 1. The van der Waals surface area contributed by atoms with Crippen molar-refractivity contribution in [1.82, 2.24) is 0 Å². The fourth-order valence-corrected chi connectivity index (χ4v) is 3.69. The molecular weight excluding hydrogens is 248 g/mol. The minimum atomic E-state index is -0.176. The molecule has 0 amide bonds. The highest BCUT2D eigenvalue weighted by atomic mass is 16.5. The Morgan fingerprint density at radius 3 is 2.70 bits per heavy atom. The van der Waals surface area contributed by atoms with Gasteiger partial charge in [-0.3, -0.25) is 0 Å². The highest BCUT2D eigenvalue weighted by Gasteiger charge is 2.21. The Balaban J connectivity index is 1.45. The molecule has 1 aromatic rings. The molecule has 110 valence electrons. The molecule has 3 rings (SSSR count). The van der Waals surface area contributed by atoms with E-state index in [0.717, 1.165) is 12.2 Å². The Morgan fingerprint density at radius 2 is 1.85 bits per heavy atom. The lowest BCUT2D eigenvalue weighted by Crippen LogP contribution is -2.24. The number of hydrogen-bond acceptors (Lipinski definition) is 2. The third-order valence-corrected chi connectivity index (χ3v) is 4.95. The second-order valence-electron chi connectivity index (χ2n) is 6.39. The first-order valence-corrected chi connectivity index (χ1v) is 8.25. The molecule has 1 atom stereocenters. The van der Waals surface area contributed by atoms with Gasteiger partial charge in [0.15, 0.2) is 0 Å². The third kappa shape index (κ3) is 3.35. The van der Waals surface area contributed by atoms with Gasteiger partial charge >= 0.3 is 0 Å². The van der Waals surface area contributed by atoms with Gasteiger partial charge in [-0.1, -0.05) is 25.3 Å². The van der Waals surface area contributed by atoms with E-state index in [2.05, 4.69) is 18.2 Å². The fourth-order valence-electron chi connectivity index (χ4n) is 3.69. The van der Waals surface area contributed by atoms with E-state index in [1.54, 1.807) is 0 Å². The normalized spacial score (nSPS) is 20.6. The number of rotatable bonds is 5. The van der Waals surface area contributed by atoms with Crippen molar-refractivity contribution in [2.24, 2.45) is 5.92 Å². The largest absolute Gasteiger partial charge is 0.493 e. The first-order valence-electron chi connectivity index (χ1n) is 8.25. The second-order valence-corrected chi connectivity index (χ2v) is 6.39. The van der Waals surface area contributed by atoms with Crippen LogP contribution in [0.3, 0.4) is 0 Å². The number of aryl methyl sites for hydroxylation is 2. The molecule has 1 unspecified atom stereocenters. The van der Waals surface area contributed by atoms with Gasteiger partial charge < -0.3 is 9.84 Å². The molecule has 1 fully saturated rings. The predicted octanol–water partition coefficient (Wildman–Crippen LogP) is 3.89. The molecule has 20 heavy (non-hydrogen) atoms. The minimum Gasteiger partial charge on any atom is -0.493 e. The van der Waals surface area contributed by atoms with Gasteiger partial charge in [-0.2, -0.15) is 0 Å². The van der Waals surface area contributed by atoms with Gasteiger partial charge in [0.05, 0.1) is 12.7 Å². The summed E-state index contributed by atoms with van der Waals surface area (Å²) < 4.78 is 5.83. The van der Waals surface area contributed by atoms with E-state index >= 15 is 0 Å². The fraction of sp³-hybridized carbons (Fsp3) is 0.667. The molecule has 2 nitrogen and oxygen atoms in total. The zero-order valence-corrected chi connectivity index (χ0v) is 12.3. The van der Waals surface area contributed by atoms with Gasteiger partial charge in [0.2, 0.25) is 0 Å². The molecule has 2 aliphatic rings. The summed E-state index contributed by atoms with van der Waals surface area (Å²) in [4.78, 5) is 0. The highest BCUT2D eigenvalue weighted by molar-refractivity contribution is 5.38. The molecule has 0 spiro atoms. The lowest BCUT2D eigenvalue weighted by molar-refractivity contribution is 0.0640. The predicted molar refractivity (Wildman–Crippen MR) is 81.2 cm³/mol. The van der Waals surface area contributed by atoms with Crippen molar-refractivity contribution >= 4 is 0 Å². The topological polar surface area (TPSA) is 29.5 Å². The molecule has 0 bridgehead atoms. The number of benzene rings is 1. The Hall–Kier alpha value is -1.02. The first-order chi connectivity index (χ1) is 9.83. The van der Waals surface area contributed by atoms with E-state index in [1.807, 2.05) is 0 Å². The maximum absolute atomic E-state index is 10.2. The summed E-state index contributed by atoms with van der Waals surface area (Å²) >= 11 is 0. The number of aliphatic hydroxyl groups excluding tert-OH is 1. The summed E-state index contributed by atoms with van der Waals surface area (Å²) in [5, 5.41) is 10.2. The zero-order chi connectivity index (χ0) is 13.8. The van der Waals surface area contributed by atoms with Gasteiger partial charge in [0, 0.05) is 6.42 Å². The molecule has 0 aromatic heterocycles. The minimum absolute atomic E-state index is 0.176.